The molecule has 0 aliphatic heterocycles. The standard InChI is InChI=1S/C58H34O2/c1-2-14-41-35(11-1)12-9-20-42(41)36-23-25-37(26-24-36)55-45-15-3-5-17-47(45)56(48-18-6-4-16-46(48)55)40-28-29-44-38(33-40)13-10-21-43(44)39-27-30-50-54(34-39)60-53-32-31-52-57(58(50)53)49-19-7-8-22-51(49)59-52/h1-34H/i3D,4D,5D,6D,15D,16D,17D,18D. The van der Waals surface area contributed by atoms with E-state index >= 15 is 0 Å². The first-order valence-electron chi connectivity index (χ1n) is 23.9. The highest BCUT2D eigenvalue weighted by Crippen LogP contribution is 2.46. The molecule has 0 radical (unpaired) electrons. The van der Waals surface area contributed by atoms with Crippen LogP contribution in [-0.2, 0) is 0 Å². The van der Waals surface area contributed by atoms with Gasteiger partial charge in [-0.15, -0.1) is 0 Å². The summed E-state index contributed by atoms with van der Waals surface area (Å²) in [5.74, 6) is 0. The quantitative estimate of drug-likeness (QED) is 0.167. The van der Waals surface area contributed by atoms with Gasteiger partial charge in [0.2, 0.25) is 0 Å². The molecule has 0 aliphatic carbocycles. The number of fused-ring (bicyclic) bond motifs is 11. The first-order valence-corrected chi connectivity index (χ1v) is 19.9. The van der Waals surface area contributed by atoms with E-state index in [1.807, 2.05) is 115 Å². The molecule has 13 aromatic rings. The number of hydrogen-bond acceptors (Lipinski definition) is 2. The molecule has 0 aliphatic rings. The summed E-state index contributed by atoms with van der Waals surface area (Å²) in [4.78, 5) is 0. The zero-order chi connectivity index (χ0) is 46.3. The summed E-state index contributed by atoms with van der Waals surface area (Å²) < 4.78 is 86.2. The van der Waals surface area contributed by atoms with Crippen LogP contribution in [0.3, 0.4) is 0 Å². The van der Waals surface area contributed by atoms with Crippen LogP contribution in [0.5, 0.6) is 0 Å². The predicted octanol–water partition coefficient (Wildman–Crippen LogP) is 16.8. The number of hydrogen-bond donors (Lipinski definition) is 0. The lowest BCUT2D eigenvalue weighted by Crippen LogP contribution is -1.91. The summed E-state index contributed by atoms with van der Waals surface area (Å²) in [5.41, 5.74) is 8.63. The van der Waals surface area contributed by atoms with Gasteiger partial charge in [-0.25, -0.2) is 0 Å². The van der Waals surface area contributed by atoms with Gasteiger partial charge in [0.05, 0.1) is 11.0 Å². The highest BCUT2D eigenvalue weighted by Gasteiger charge is 2.19. The number of furan rings is 2. The Morgan fingerprint density at radius 1 is 0.300 bits per heavy atom. The molecule has 13 rings (SSSR count). The maximum atomic E-state index is 9.49. The molecule has 2 heterocycles. The smallest absolute Gasteiger partial charge is 0.136 e. The van der Waals surface area contributed by atoms with Crippen LogP contribution in [0.25, 0.3) is 131 Å². The molecule has 0 amide bonds. The van der Waals surface area contributed by atoms with Crippen molar-refractivity contribution in [2.75, 3.05) is 0 Å². The first-order chi connectivity index (χ1) is 33.1. The molecule has 2 heteroatoms. The Labute approximate surface area is 356 Å². The summed E-state index contributed by atoms with van der Waals surface area (Å²) >= 11 is 0. The molecule has 278 valence electrons. The van der Waals surface area contributed by atoms with Crippen molar-refractivity contribution in [1.82, 2.24) is 0 Å². The topological polar surface area (TPSA) is 26.3 Å². The van der Waals surface area contributed by atoms with Crippen molar-refractivity contribution < 1.29 is 19.8 Å². The summed E-state index contributed by atoms with van der Waals surface area (Å²) in [7, 11) is 0. The van der Waals surface area contributed by atoms with Gasteiger partial charge in [-0.2, -0.15) is 0 Å². The Bertz CT molecular complexity index is 4270. The summed E-state index contributed by atoms with van der Waals surface area (Å²) in [6, 6.07) is 48.8. The Hall–Kier alpha value is -7.94. The predicted molar refractivity (Wildman–Crippen MR) is 253 cm³/mol. The van der Waals surface area contributed by atoms with Crippen LogP contribution in [0.15, 0.2) is 215 Å². The van der Waals surface area contributed by atoms with Crippen LogP contribution in [-0.4, -0.2) is 0 Å². The number of rotatable bonds is 4. The molecule has 0 atom stereocenters. The minimum atomic E-state index is -0.438. The fraction of sp³-hybridized carbons (Fsp3) is 0. The monoisotopic (exact) mass is 770 g/mol. The summed E-state index contributed by atoms with van der Waals surface area (Å²) in [6.45, 7) is 0. The molecule has 2 nitrogen and oxygen atoms in total. The van der Waals surface area contributed by atoms with Crippen LogP contribution >= 0.6 is 0 Å². The Morgan fingerprint density at radius 3 is 1.50 bits per heavy atom. The maximum absolute atomic E-state index is 9.49. The molecule has 60 heavy (non-hydrogen) atoms. The van der Waals surface area contributed by atoms with Crippen molar-refractivity contribution >= 4 is 87.0 Å². The van der Waals surface area contributed by atoms with E-state index in [1.54, 1.807) is 0 Å². The SMILES string of the molecule is [2H]c1c([2H])c([2H])c2c(-c3ccc4c(-c5ccc6c(c5)oc5ccc7oc8ccccc8c7c56)cccc4c3)c3c([2H])c([2H])c([2H])c([2H])c3c(-c3ccc(-c4cccc5ccccc45)cc3)c2c1[2H]. The van der Waals surface area contributed by atoms with Crippen LogP contribution < -0.4 is 0 Å². The molecular weight excluding hydrogens is 729 g/mol. The van der Waals surface area contributed by atoms with Gasteiger partial charge in [0, 0.05) is 21.5 Å². The van der Waals surface area contributed by atoms with Gasteiger partial charge in [0.1, 0.15) is 22.3 Å². The van der Waals surface area contributed by atoms with Crippen molar-refractivity contribution in [2.45, 2.75) is 0 Å². The summed E-state index contributed by atoms with van der Waals surface area (Å²) in [5, 5.41) is 8.61. The Kier molecular flexibility index (Phi) is 5.57. The van der Waals surface area contributed by atoms with Crippen molar-refractivity contribution in [2.24, 2.45) is 0 Å². The lowest BCUT2D eigenvalue weighted by molar-refractivity contribution is 0.663. The van der Waals surface area contributed by atoms with Gasteiger partial charge < -0.3 is 8.83 Å². The largest absolute Gasteiger partial charge is 0.456 e. The summed E-state index contributed by atoms with van der Waals surface area (Å²) in [6.07, 6.45) is 0. The minimum Gasteiger partial charge on any atom is -0.456 e. The van der Waals surface area contributed by atoms with E-state index in [9.17, 15) is 5.48 Å². The van der Waals surface area contributed by atoms with Gasteiger partial charge in [-0.05, 0) is 124 Å². The van der Waals surface area contributed by atoms with Gasteiger partial charge >= 0.3 is 0 Å². The average Bonchev–Trinajstić information content (AvgIpc) is 3.95. The van der Waals surface area contributed by atoms with E-state index in [1.165, 1.54) is 0 Å². The second-order valence-electron chi connectivity index (χ2n) is 15.3. The van der Waals surface area contributed by atoms with Gasteiger partial charge in [-0.3, -0.25) is 0 Å². The molecule has 0 saturated carbocycles. The van der Waals surface area contributed by atoms with E-state index in [0.717, 1.165) is 87.7 Å². The van der Waals surface area contributed by atoms with E-state index in [4.69, 9.17) is 14.3 Å². The van der Waals surface area contributed by atoms with E-state index < -0.39 is 24.2 Å². The third kappa shape index (κ3) is 4.88. The molecule has 0 unspecified atom stereocenters. The number of benzene rings is 11. The third-order valence-corrected chi connectivity index (χ3v) is 12.1. The number of para-hydroxylation sites is 1. The Balaban J connectivity index is 1.03. The van der Waals surface area contributed by atoms with Crippen molar-refractivity contribution in [3.63, 3.8) is 0 Å². The fourth-order valence-corrected chi connectivity index (χ4v) is 9.44. The molecule has 0 spiro atoms. The molecule has 2 aromatic heterocycles. The lowest BCUT2D eigenvalue weighted by Gasteiger charge is -2.18. The maximum Gasteiger partial charge on any atom is 0.136 e. The highest BCUT2D eigenvalue weighted by molar-refractivity contribution is 6.26. The third-order valence-electron chi connectivity index (χ3n) is 12.1. The normalized spacial score (nSPS) is 13.9. The zero-order valence-corrected chi connectivity index (χ0v) is 31.8. The van der Waals surface area contributed by atoms with Crippen molar-refractivity contribution in [3.05, 3.63) is 206 Å². The van der Waals surface area contributed by atoms with Gasteiger partial charge in [0.25, 0.3) is 0 Å². The van der Waals surface area contributed by atoms with Crippen LogP contribution in [0, 0.1) is 0 Å². The first kappa shape index (κ1) is 26.1. The van der Waals surface area contributed by atoms with Crippen LogP contribution in [0.1, 0.15) is 11.0 Å². The second-order valence-corrected chi connectivity index (χ2v) is 15.3. The van der Waals surface area contributed by atoms with Crippen LogP contribution in [0.4, 0.5) is 0 Å². The second kappa shape index (κ2) is 12.8. The molecule has 0 saturated heterocycles. The lowest BCUT2D eigenvalue weighted by atomic mass is 9.85. The fourth-order valence-electron chi connectivity index (χ4n) is 9.44. The molecule has 0 fully saturated rings. The molecule has 0 bridgehead atoms. The van der Waals surface area contributed by atoms with Crippen molar-refractivity contribution in [3.8, 4) is 44.5 Å². The van der Waals surface area contributed by atoms with Crippen molar-refractivity contribution in [1.29, 1.82) is 0 Å². The molecule has 11 aromatic carbocycles. The molecule has 0 N–H and O–H groups in total. The highest BCUT2D eigenvalue weighted by atomic mass is 16.3. The minimum absolute atomic E-state index is 0.173. The zero-order valence-electron chi connectivity index (χ0n) is 39.8. The van der Waals surface area contributed by atoms with E-state index in [0.29, 0.717) is 22.3 Å². The Morgan fingerprint density at radius 2 is 0.783 bits per heavy atom. The molecular formula is C58H34O2. The van der Waals surface area contributed by atoms with Crippen LogP contribution in [0.2, 0.25) is 0 Å². The van der Waals surface area contributed by atoms with E-state index in [-0.39, 0.29) is 45.7 Å². The van der Waals surface area contributed by atoms with Gasteiger partial charge in [0.15, 0.2) is 0 Å². The average molecular weight is 771 g/mol. The van der Waals surface area contributed by atoms with Gasteiger partial charge in [-0.1, -0.05) is 170 Å². The van der Waals surface area contributed by atoms with E-state index in [2.05, 4.69) is 42.5 Å².